The highest BCUT2D eigenvalue weighted by Gasteiger charge is 1.98. The van der Waals surface area contributed by atoms with Crippen molar-refractivity contribution in [3.63, 3.8) is 0 Å². The summed E-state index contributed by atoms with van der Waals surface area (Å²) in [5.74, 6) is 0.647. The lowest BCUT2D eigenvalue weighted by Crippen LogP contribution is -2.07. The largest absolute Gasteiger partial charge is 0.494 e. The van der Waals surface area contributed by atoms with Gasteiger partial charge in [0.15, 0.2) is 0 Å². The molecule has 0 saturated carbocycles. The smallest absolute Gasteiger partial charge is 0.248 e. The van der Waals surface area contributed by atoms with Crippen molar-refractivity contribution in [3.8, 4) is 5.75 Å². The fourth-order valence-electron chi connectivity index (χ4n) is 1.66. The van der Waals surface area contributed by atoms with E-state index < -0.39 is 0 Å². The number of amides is 1. The summed E-state index contributed by atoms with van der Waals surface area (Å²) in [4.78, 5) is 12.9. The number of ether oxygens (including phenoxy) is 1. The highest BCUT2D eigenvalue weighted by Crippen LogP contribution is 2.18. The van der Waals surface area contributed by atoms with Crippen LogP contribution >= 0.6 is 11.8 Å². The number of nitrogens with one attached hydrogen (secondary N) is 1. The molecule has 0 saturated heterocycles. The number of rotatable bonds is 6. The molecular formula is C17H17NO2S. The quantitative estimate of drug-likeness (QED) is 0.637. The van der Waals surface area contributed by atoms with Gasteiger partial charge in [0.25, 0.3) is 0 Å². The van der Waals surface area contributed by atoms with Gasteiger partial charge in [-0.15, -0.1) is 0 Å². The first-order valence-electron chi connectivity index (χ1n) is 6.70. The SMILES string of the molecule is CCOc1ccc(NC(=O)/C=C/Sc2ccccc2)cc1. The molecule has 0 aromatic heterocycles. The molecule has 2 rings (SSSR count). The summed E-state index contributed by atoms with van der Waals surface area (Å²) in [5.41, 5.74) is 0.748. The second-order valence-corrected chi connectivity index (χ2v) is 5.16. The molecule has 4 heteroatoms. The molecule has 0 fully saturated rings. The molecule has 0 atom stereocenters. The Morgan fingerprint density at radius 3 is 2.52 bits per heavy atom. The van der Waals surface area contributed by atoms with Gasteiger partial charge < -0.3 is 10.1 Å². The molecule has 0 aliphatic carbocycles. The molecule has 0 radical (unpaired) electrons. The lowest BCUT2D eigenvalue weighted by atomic mass is 10.3. The van der Waals surface area contributed by atoms with Gasteiger partial charge in [-0.2, -0.15) is 0 Å². The van der Waals surface area contributed by atoms with Crippen LogP contribution in [0.15, 0.2) is 71.0 Å². The Kier molecular flexibility index (Phi) is 5.91. The normalized spacial score (nSPS) is 10.5. The summed E-state index contributed by atoms with van der Waals surface area (Å²) < 4.78 is 5.35. The second-order valence-electron chi connectivity index (χ2n) is 4.18. The van der Waals surface area contributed by atoms with E-state index in [4.69, 9.17) is 4.74 Å². The maximum Gasteiger partial charge on any atom is 0.248 e. The summed E-state index contributed by atoms with van der Waals surface area (Å²) >= 11 is 1.51. The Hall–Kier alpha value is -2.20. The van der Waals surface area contributed by atoms with Crippen molar-refractivity contribution in [2.45, 2.75) is 11.8 Å². The third-order valence-electron chi connectivity index (χ3n) is 2.60. The topological polar surface area (TPSA) is 38.3 Å². The van der Waals surface area contributed by atoms with Gasteiger partial charge in [-0.3, -0.25) is 4.79 Å². The first-order chi connectivity index (χ1) is 10.3. The van der Waals surface area contributed by atoms with Gasteiger partial charge in [-0.1, -0.05) is 30.0 Å². The highest BCUT2D eigenvalue weighted by molar-refractivity contribution is 8.02. The minimum atomic E-state index is -0.150. The summed E-state index contributed by atoms with van der Waals surface area (Å²) in [7, 11) is 0. The van der Waals surface area contributed by atoms with Gasteiger partial charge in [0.1, 0.15) is 5.75 Å². The lowest BCUT2D eigenvalue weighted by Gasteiger charge is -2.05. The van der Waals surface area contributed by atoms with Crippen LogP contribution in [-0.2, 0) is 4.79 Å². The van der Waals surface area contributed by atoms with Crippen LogP contribution in [0.1, 0.15) is 6.92 Å². The van der Waals surface area contributed by atoms with Gasteiger partial charge in [-0.05, 0) is 48.7 Å². The maximum absolute atomic E-state index is 11.8. The first-order valence-corrected chi connectivity index (χ1v) is 7.58. The van der Waals surface area contributed by atoms with Crippen molar-refractivity contribution < 1.29 is 9.53 Å². The number of carbonyl (C=O) groups excluding carboxylic acids is 1. The lowest BCUT2D eigenvalue weighted by molar-refractivity contribution is -0.111. The first kappa shape index (κ1) is 15.2. The third-order valence-corrected chi connectivity index (χ3v) is 3.42. The van der Waals surface area contributed by atoms with Gasteiger partial charge >= 0.3 is 0 Å². The molecule has 1 amide bonds. The molecule has 3 nitrogen and oxygen atoms in total. The van der Waals surface area contributed by atoms with Gasteiger partial charge in [0, 0.05) is 16.7 Å². The Morgan fingerprint density at radius 2 is 1.86 bits per heavy atom. The van der Waals surface area contributed by atoms with E-state index in [1.54, 1.807) is 5.41 Å². The average Bonchev–Trinajstić information content (AvgIpc) is 2.51. The second kappa shape index (κ2) is 8.17. The van der Waals surface area contributed by atoms with E-state index in [9.17, 15) is 4.79 Å². The summed E-state index contributed by atoms with van der Waals surface area (Å²) in [6.45, 7) is 2.57. The van der Waals surface area contributed by atoms with Crippen molar-refractivity contribution in [1.29, 1.82) is 0 Å². The number of thioether (sulfide) groups is 1. The zero-order chi connectivity index (χ0) is 14.9. The monoisotopic (exact) mass is 299 g/mol. The number of hydrogen-bond acceptors (Lipinski definition) is 3. The van der Waals surface area contributed by atoms with Crippen LogP contribution in [0.5, 0.6) is 5.75 Å². The molecule has 0 bridgehead atoms. The van der Waals surface area contributed by atoms with Crippen LogP contribution in [0.3, 0.4) is 0 Å². The van der Waals surface area contributed by atoms with Crippen molar-refractivity contribution >= 4 is 23.4 Å². The summed E-state index contributed by atoms with van der Waals surface area (Å²) in [6, 6.07) is 17.2. The fourth-order valence-corrected chi connectivity index (χ4v) is 2.32. The molecule has 0 unspecified atom stereocenters. The van der Waals surface area contributed by atoms with Gasteiger partial charge in [0.2, 0.25) is 5.91 Å². The predicted molar refractivity (Wildman–Crippen MR) is 87.7 cm³/mol. The van der Waals surface area contributed by atoms with E-state index in [2.05, 4.69) is 5.32 Å². The predicted octanol–water partition coefficient (Wildman–Crippen LogP) is 4.33. The van der Waals surface area contributed by atoms with E-state index in [1.165, 1.54) is 17.8 Å². The number of benzene rings is 2. The Balaban J connectivity index is 1.83. The molecule has 2 aromatic carbocycles. The molecule has 108 valence electrons. The van der Waals surface area contributed by atoms with E-state index >= 15 is 0 Å². The molecule has 1 N–H and O–H groups in total. The molecule has 0 aliphatic rings. The van der Waals surface area contributed by atoms with E-state index in [0.717, 1.165) is 16.3 Å². The van der Waals surface area contributed by atoms with Crippen LogP contribution < -0.4 is 10.1 Å². The van der Waals surface area contributed by atoms with E-state index in [-0.39, 0.29) is 5.91 Å². The molecule has 0 aliphatic heterocycles. The maximum atomic E-state index is 11.8. The van der Waals surface area contributed by atoms with E-state index in [1.807, 2.05) is 61.5 Å². The Morgan fingerprint density at radius 1 is 1.14 bits per heavy atom. The molecule has 2 aromatic rings. The zero-order valence-electron chi connectivity index (χ0n) is 11.8. The zero-order valence-corrected chi connectivity index (χ0v) is 12.6. The van der Waals surface area contributed by atoms with Crippen LogP contribution in [0, 0.1) is 0 Å². The summed E-state index contributed by atoms with van der Waals surface area (Å²) in [5, 5.41) is 4.58. The standard InChI is InChI=1S/C17H17NO2S/c1-2-20-15-10-8-14(9-11-15)18-17(19)12-13-21-16-6-4-3-5-7-16/h3-13H,2H2,1H3,(H,18,19)/b13-12+. The van der Waals surface area contributed by atoms with Crippen LogP contribution in [0.25, 0.3) is 0 Å². The van der Waals surface area contributed by atoms with Gasteiger partial charge in [-0.25, -0.2) is 0 Å². The number of hydrogen-bond donors (Lipinski definition) is 1. The molecule has 21 heavy (non-hydrogen) atoms. The number of anilines is 1. The third kappa shape index (κ3) is 5.36. The van der Waals surface area contributed by atoms with Crippen LogP contribution in [-0.4, -0.2) is 12.5 Å². The average molecular weight is 299 g/mol. The Labute approximate surface area is 129 Å². The fraction of sp³-hybridized carbons (Fsp3) is 0.118. The molecule has 0 spiro atoms. The van der Waals surface area contributed by atoms with Crippen LogP contribution in [0.4, 0.5) is 5.69 Å². The summed E-state index contributed by atoms with van der Waals surface area (Å²) in [6.07, 6.45) is 1.52. The number of carbonyl (C=O) groups is 1. The van der Waals surface area contributed by atoms with E-state index in [0.29, 0.717) is 6.61 Å². The van der Waals surface area contributed by atoms with Crippen molar-refractivity contribution in [3.05, 3.63) is 66.1 Å². The highest BCUT2D eigenvalue weighted by atomic mass is 32.2. The van der Waals surface area contributed by atoms with Crippen molar-refractivity contribution in [1.82, 2.24) is 0 Å². The van der Waals surface area contributed by atoms with Crippen molar-refractivity contribution in [2.75, 3.05) is 11.9 Å². The minimum absolute atomic E-state index is 0.150. The Bertz CT molecular complexity index is 594. The minimum Gasteiger partial charge on any atom is -0.494 e. The van der Waals surface area contributed by atoms with Gasteiger partial charge in [0.05, 0.1) is 6.61 Å². The van der Waals surface area contributed by atoms with Crippen molar-refractivity contribution in [2.24, 2.45) is 0 Å². The molecule has 0 heterocycles. The van der Waals surface area contributed by atoms with Crippen LogP contribution in [0.2, 0.25) is 0 Å². The molecular weight excluding hydrogens is 282 g/mol.